The summed E-state index contributed by atoms with van der Waals surface area (Å²) in [6, 6.07) is 10.3. The van der Waals surface area contributed by atoms with Gasteiger partial charge < -0.3 is 5.32 Å². The molecule has 1 amide bonds. The lowest BCUT2D eigenvalue weighted by Gasteiger charge is -2.32. The molecular formula is C22H31N5OS. The summed E-state index contributed by atoms with van der Waals surface area (Å²) in [5.41, 5.74) is 1.12. The Morgan fingerprint density at radius 2 is 1.93 bits per heavy atom. The minimum Gasteiger partial charge on any atom is -0.353 e. The molecule has 0 bridgehead atoms. The summed E-state index contributed by atoms with van der Waals surface area (Å²) in [6.07, 6.45) is 5.70. The first kappa shape index (κ1) is 21.5. The van der Waals surface area contributed by atoms with Gasteiger partial charge in [-0.2, -0.15) is 4.98 Å². The molecule has 2 N–H and O–H groups in total. The Bertz CT molecular complexity index is 878. The van der Waals surface area contributed by atoms with Crippen molar-refractivity contribution < 1.29 is 4.79 Å². The molecule has 1 aromatic heterocycles. The predicted molar refractivity (Wildman–Crippen MR) is 120 cm³/mol. The molecule has 1 aromatic carbocycles. The molecule has 1 fully saturated rings. The zero-order chi connectivity index (χ0) is 20.8. The van der Waals surface area contributed by atoms with Crippen LogP contribution in [0.25, 0.3) is 12.2 Å². The number of nitrogens with one attached hydrogen (secondary N) is 2. The molecule has 1 unspecified atom stereocenters. The van der Waals surface area contributed by atoms with E-state index in [2.05, 4.69) is 41.1 Å². The second-order valence-electron chi connectivity index (χ2n) is 8.14. The molecule has 29 heavy (non-hydrogen) atoms. The summed E-state index contributed by atoms with van der Waals surface area (Å²) >= 11 is 5.40. The van der Waals surface area contributed by atoms with Crippen LogP contribution in [0.15, 0.2) is 30.3 Å². The molecule has 1 atom stereocenters. The van der Waals surface area contributed by atoms with Crippen molar-refractivity contribution in [3.8, 4) is 0 Å². The molecule has 7 heteroatoms. The molecule has 1 aliphatic heterocycles. The summed E-state index contributed by atoms with van der Waals surface area (Å²) in [5.74, 6) is 1.49. The average molecular weight is 414 g/mol. The molecule has 156 valence electrons. The van der Waals surface area contributed by atoms with Crippen LogP contribution in [-0.2, 0) is 11.5 Å². The topological polar surface area (TPSA) is 66.0 Å². The zero-order valence-electron chi connectivity index (χ0n) is 17.5. The summed E-state index contributed by atoms with van der Waals surface area (Å²) in [6.45, 7) is 8.76. The smallest absolute Gasteiger partial charge is 0.223 e. The number of carbonyl (C=O) groups is 1. The van der Waals surface area contributed by atoms with E-state index >= 15 is 0 Å². The molecule has 0 radical (unpaired) electrons. The number of hydrogen-bond donors (Lipinski definition) is 2. The fraction of sp³-hybridized carbons (Fsp3) is 0.500. The zero-order valence-corrected chi connectivity index (χ0v) is 18.3. The van der Waals surface area contributed by atoms with Crippen LogP contribution in [0, 0.1) is 16.6 Å². The van der Waals surface area contributed by atoms with Crippen molar-refractivity contribution in [2.75, 3.05) is 13.1 Å². The number of rotatable bonds is 7. The Morgan fingerprint density at radius 1 is 1.24 bits per heavy atom. The normalized spacial score (nSPS) is 17.1. The van der Waals surface area contributed by atoms with Crippen LogP contribution >= 0.6 is 12.2 Å². The van der Waals surface area contributed by atoms with Gasteiger partial charge in [-0.05, 0) is 49.5 Å². The van der Waals surface area contributed by atoms with Crippen molar-refractivity contribution in [3.63, 3.8) is 0 Å². The number of hydrogen-bond acceptors (Lipinski definition) is 4. The molecule has 2 aromatic rings. The van der Waals surface area contributed by atoms with E-state index in [0.717, 1.165) is 37.3 Å². The highest BCUT2D eigenvalue weighted by Gasteiger charge is 2.26. The number of aromatic nitrogens is 3. The standard InChI is InChI=1S/C22H31N5OS/c1-16(2)17(3)23-21(28)19-11-13-26(14-12-19)15-27-22(29)24-20(25-27)10-9-18-7-5-4-6-8-18/h4-10,16-17,19H,11-15H2,1-3H3,(H,23,28)(H,24,25,29)/b10-9+. The second kappa shape index (κ2) is 9.98. The first-order chi connectivity index (χ1) is 13.9. The maximum absolute atomic E-state index is 12.4. The lowest BCUT2D eigenvalue weighted by atomic mass is 9.95. The predicted octanol–water partition coefficient (Wildman–Crippen LogP) is 3.94. The highest BCUT2D eigenvalue weighted by atomic mass is 32.1. The molecule has 1 aliphatic rings. The van der Waals surface area contributed by atoms with Gasteiger partial charge in [-0.15, -0.1) is 0 Å². The first-order valence-corrected chi connectivity index (χ1v) is 10.8. The van der Waals surface area contributed by atoms with E-state index in [-0.39, 0.29) is 17.9 Å². The van der Waals surface area contributed by atoms with Gasteiger partial charge in [0.05, 0.1) is 6.67 Å². The van der Waals surface area contributed by atoms with E-state index < -0.39 is 0 Å². The van der Waals surface area contributed by atoms with Gasteiger partial charge in [0.2, 0.25) is 10.7 Å². The van der Waals surface area contributed by atoms with Crippen LogP contribution in [0.1, 0.15) is 45.0 Å². The Morgan fingerprint density at radius 3 is 2.59 bits per heavy atom. The van der Waals surface area contributed by atoms with Gasteiger partial charge in [-0.25, -0.2) is 4.68 Å². The molecule has 0 spiro atoms. The summed E-state index contributed by atoms with van der Waals surface area (Å²) in [7, 11) is 0. The van der Waals surface area contributed by atoms with Crippen LogP contribution < -0.4 is 5.32 Å². The van der Waals surface area contributed by atoms with Gasteiger partial charge in [0.1, 0.15) is 5.82 Å². The minimum absolute atomic E-state index is 0.103. The van der Waals surface area contributed by atoms with Gasteiger partial charge in [-0.1, -0.05) is 50.3 Å². The Hall–Kier alpha value is -2.25. The largest absolute Gasteiger partial charge is 0.353 e. The number of aromatic amines is 1. The number of H-pyrrole nitrogens is 1. The van der Waals surface area contributed by atoms with Gasteiger partial charge >= 0.3 is 0 Å². The fourth-order valence-electron chi connectivity index (χ4n) is 3.33. The van der Waals surface area contributed by atoms with Crippen molar-refractivity contribution in [2.24, 2.45) is 11.8 Å². The summed E-state index contributed by atoms with van der Waals surface area (Å²) in [5, 5.41) is 6.42. The van der Waals surface area contributed by atoms with Crippen LogP contribution in [0.4, 0.5) is 0 Å². The van der Waals surface area contributed by atoms with Gasteiger partial charge in [0.25, 0.3) is 0 Å². The van der Waals surface area contributed by atoms with Gasteiger partial charge in [0.15, 0.2) is 0 Å². The van der Waals surface area contributed by atoms with E-state index in [4.69, 9.17) is 12.2 Å². The van der Waals surface area contributed by atoms with Gasteiger partial charge in [-0.3, -0.25) is 14.8 Å². The van der Waals surface area contributed by atoms with Crippen LogP contribution in [0.2, 0.25) is 0 Å². The minimum atomic E-state index is 0.103. The molecule has 0 saturated carbocycles. The lowest BCUT2D eigenvalue weighted by molar-refractivity contribution is -0.127. The summed E-state index contributed by atoms with van der Waals surface area (Å²) in [4.78, 5) is 19.2. The van der Waals surface area contributed by atoms with E-state index in [1.165, 1.54) is 0 Å². The van der Waals surface area contributed by atoms with Crippen molar-refractivity contribution in [1.82, 2.24) is 25.0 Å². The third-order valence-corrected chi connectivity index (χ3v) is 5.91. The van der Waals surface area contributed by atoms with E-state index in [1.54, 1.807) is 0 Å². The number of benzene rings is 1. The van der Waals surface area contributed by atoms with E-state index in [0.29, 0.717) is 17.4 Å². The molecule has 0 aliphatic carbocycles. The highest BCUT2D eigenvalue weighted by molar-refractivity contribution is 7.71. The van der Waals surface area contributed by atoms with Gasteiger partial charge in [0, 0.05) is 25.0 Å². The number of piperidine rings is 1. The third-order valence-electron chi connectivity index (χ3n) is 5.60. The van der Waals surface area contributed by atoms with Crippen molar-refractivity contribution in [2.45, 2.75) is 46.3 Å². The quantitative estimate of drug-likeness (QED) is 0.675. The fourth-order valence-corrected chi connectivity index (χ4v) is 3.53. The molecule has 3 rings (SSSR count). The highest BCUT2D eigenvalue weighted by Crippen LogP contribution is 2.18. The van der Waals surface area contributed by atoms with E-state index in [9.17, 15) is 4.79 Å². The first-order valence-electron chi connectivity index (χ1n) is 10.3. The van der Waals surface area contributed by atoms with Crippen LogP contribution in [-0.4, -0.2) is 44.7 Å². The second-order valence-corrected chi connectivity index (χ2v) is 8.50. The summed E-state index contributed by atoms with van der Waals surface area (Å²) < 4.78 is 2.43. The Kier molecular flexibility index (Phi) is 7.39. The Balaban J connectivity index is 1.52. The van der Waals surface area contributed by atoms with Crippen LogP contribution in [0.5, 0.6) is 0 Å². The Labute approximate surface area is 178 Å². The number of carbonyl (C=O) groups excluding carboxylic acids is 1. The third kappa shape index (κ3) is 6.11. The lowest BCUT2D eigenvalue weighted by Crippen LogP contribution is -2.44. The monoisotopic (exact) mass is 413 g/mol. The maximum Gasteiger partial charge on any atom is 0.223 e. The van der Waals surface area contributed by atoms with Crippen molar-refractivity contribution in [1.29, 1.82) is 0 Å². The van der Waals surface area contributed by atoms with E-state index in [1.807, 2.05) is 47.2 Å². The average Bonchev–Trinajstić information content (AvgIpc) is 3.07. The molecule has 6 nitrogen and oxygen atoms in total. The molecule has 1 saturated heterocycles. The number of likely N-dealkylation sites (tertiary alicyclic amines) is 1. The van der Waals surface area contributed by atoms with Crippen molar-refractivity contribution >= 4 is 30.3 Å². The SMILES string of the molecule is CC(C)C(C)NC(=O)C1CCN(Cn2[nH]c(/C=C/c3ccccc3)nc2=S)CC1. The number of amides is 1. The van der Waals surface area contributed by atoms with Crippen molar-refractivity contribution in [3.05, 3.63) is 46.5 Å². The molecule has 2 heterocycles. The maximum atomic E-state index is 12.4. The molecular weight excluding hydrogens is 382 g/mol. The van der Waals surface area contributed by atoms with Crippen LogP contribution in [0.3, 0.4) is 0 Å². The number of nitrogens with zero attached hydrogens (tertiary/aromatic N) is 3.